The average molecular weight is 238 g/mol. The van der Waals surface area contributed by atoms with E-state index < -0.39 is 0 Å². The van der Waals surface area contributed by atoms with E-state index in [9.17, 15) is 0 Å². The number of nitrogens with two attached hydrogens (primary N) is 1. The first-order valence-electron chi connectivity index (χ1n) is 4.39. The van der Waals surface area contributed by atoms with E-state index in [-0.39, 0.29) is 0 Å². The Bertz CT molecular complexity index is 441. The van der Waals surface area contributed by atoms with E-state index in [2.05, 4.69) is 21.2 Å². The summed E-state index contributed by atoms with van der Waals surface area (Å²) in [6, 6.07) is 2.05. The molecule has 2 aromatic heterocycles. The average Bonchev–Trinajstić information content (AvgIpc) is 2.74. The molecule has 0 amide bonds. The van der Waals surface area contributed by atoms with Gasteiger partial charge in [-0.15, -0.1) is 10.2 Å². The van der Waals surface area contributed by atoms with Gasteiger partial charge in [0.15, 0.2) is 4.34 Å². The van der Waals surface area contributed by atoms with Crippen LogP contribution in [0.25, 0.3) is 0 Å². The summed E-state index contributed by atoms with van der Waals surface area (Å²) in [5, 5.41) is 8.71. The lowest BCUT2D eigenvalue weighted by Crippen LogP contribution is -1.98. The molecule has 2 aromatic rings. The molecule has 78 valence electrons. The van der Waals surface area contributed by atoms with E-state index in [1.54, 1.807) is 11.7 Å². The van der Waals surface area contributed by atoms with Crippen LogP contribution in [0.5, 0.6) is 0 Å². The SMILES string of the molecule is Cc1cc(CN)cnc1Sc1nncs1. The van der Waals surface area contributed by atoms with Crippen LogP contribution in [-0.2, 0) is 6.54 Å². The Kier molecular flexibility index (Phi) is 3.30. The fourth-order valence-corrected chi connectivity index (χ4v) is 2.54. The second kappa shape index (κ2) is 4.69. The molecule has 0 aliphatic heterocycles. The molecule has 0 atom stereocenters. The Balaban J connectivity index is 2.22. The Hall–Kier alpha value is -0.980. The van der Waals surface area contributed by atoms with Gasteiger partial charge in [0.05, 0.1) is 0 Å². The molecular formula is C9H10N4S2. The van der Waals surface area contributed by atoms with Crippen LogP contribution in [0, 0.1) is 6.92 Å². The third-order valence-corrected chi connectivity index (χ3v) is 3.75. The molecule has 4 nitrogen and oxygen atoms in total. The molecule has 15 heavy (non-hydrogen) atoms. The molecule has 0 spiro atoms. The zero-order chi connectivity index (χ0) is 10.7. The van der Waals surface area contributed by atoms with Gasteiger partial charge < -0.3 is 5.73 Å². The standard InChI is InChI=1S/C9H10N4S2/c1-6-2-7(3-10)4-11-8(6)15-9-13-12-5-14-9/h2,4-5H,3,10H2,1H3. The first kappa shape index (κ1) is 10.5. The van der Waals surface area contributed by atoms with Crippen molar-refractivity contribution in [3.05, 3.63) is 28.9 Å². The van der Waals surface area contributed by atoms with E-state index in [0.29, 0.717) is 6.54 Å². The molecular weight excluding hydrogens is 228 g/mol. The summed E-state index contributed by atoms with van der Waals surface area (Å²) in [5.41, 5.74) is 9.43. The Morgan fingerprint density at radius 3 is 3.00 bits per heavy atom. The molecule has 6 heteroatoms. The number of hydrogen-bond donors (Lipinski definition) is 1. The molecule has 2 N–H and O–H groups in total. The third-order valence-electron chi connectivity index (χ3n) is 1.85. The van der Waals surface area contributed by atoms with Gasteiger partial charge in [-0.25, -0.2) is 4.98 Å². The lowest BCUT2D eigenvalue weighted by atomic mass is 10.2. The Morgan fingerprint density at radius 2 is 2.40 bits per heavy atom. The van der Waals surface area contributed by atoms with Crippen LogP contribution in [0.4, 0.5) is 0 Å². The number of pyridine rings is 1. The predicted molar refractivity (Wildman–Crippen MR) is 60.9 cm³/mol. The summed E-state index contributed by atoms with van der Waals surface area (Å²) in [6.07, 6.45) is 1.80. The molecule has 0 radical (unpaired) electrons. The number of aryl methyl sites for hydroxylation is 1. The molecule has 0 aromatic carbocycles. The van der Waals surface area contributed by atoms with Crippen molar-refractivity contribution in [2.24, 2.45) is 5.73 Å². The first-order valence-corrected chi connectivity index (χ1v) is 6.09. The molecule has 2 rings (SSSR count). The van der Waals surface area contributed by atoms with Gasteiger partial charge in [0.2, 0.25) is 0 Å². The van der Waals surface area contributed by atoms with Crippen LogP contribution in [-0.4, -0.2) is 15.2 Å². The van der Waals surface area contributed by atoms with E-state index in [4.69, 9.17) is 5.73 Å². The maximum atomic E-state index is 5.54. The summed E-state index contributed by atoms with van der Waals surface area (Å²) in [7, 11) is 0. The molecule has 0 aliphatic carbocycles. The van der Waals surface area contributed by atoms with Crippen molar-refractivity contribution in [3.63, 3.8) is 0 Å². The van der Waals surface area contributed by atoms with Crippen LogP contribution in [0.3, 0.4) is 0 Å². The highest BCUT2D eigenvalue weighted by atomic mass is 32.2. The first-order chi connectivity index (χ1) is 7.29. The number of rotatable bonds is 3. The van der Waals surface area contributed by atoms with E-state index >= 15 is 0 Å². The normalized spacial score (nSPS) is 10.5. The zero-order valence-corrected chi connectivity index (χ0v) is 9.81. The van der Waals surface area contributed by atoms with Gasteiger partial charge >= 0.3 is 0 Å². The molecule has 0 unspecified atom stereocenters. The lowest BCUT2D eigenvalue weighted by Gasteiger charge is -2.03. The van der Waals surface area contributed by atoms with Gasteiger partial charge in [-0.1, -0.05) is 17.4 Å². The van der Waals surface area contributed by atoms with Gasteiger partial charge in [0, 0.05) is 12.7 Å². The number of nitrogens with zero attached hydrogens (tertiary/aromatic N) is 3. The number of aromatic nitrogens is 3. The summed E-state index contributed by atoms with van der Waals surface area (Å²) in [4.78, 5) is 4.35. The minimum absolute atomic E-state index is 0.525. The fourth-order valence-electron chi connectivity index (χ4n) is 1.13. The van der Waals surface area contributed by atoms with Gasteiger partial charge in [-0.3, -0.25) is 0 Å². The van der Waals surface area contributed by atoms with Crippen LogP contribution in [0.1, 0.15) is 11.1 Å². The van der Waals surface area contributed by atoms with E-state index in [1.807, 2.05) is 6.92 Å². The minimum Gasteiger partial charge on any atom is -0.326 e. The largest absolute Gasteiger partial charge is 0.326 e. The molecule has 0 bridgehead atoms. The van der Waals surface area contributed by atoms with Crippen LogP contribution >= 0.6 is 23.1 Å². The third kappa shape index (κ3) is 2.53. The molecule has 0 aliphatic rings. The highest BCUT2D eigenvalue weighted by Crippen LogP contribution is 2.29. The van der Waals surface area contributed by atoms with E-state index in [0.717, 1.165) is 20.5 Å². The van der Waals surface area contributed by atoms with Crippen LogP contribution in [0.15, 0.2) is 27.1 Å². The van der Waals surface area contributed by atoms with Gasteiger partial charge in [-0.05, 0) is 29.8 Å². The second-order valence-electron chi connectivity index (χ2n) is 2.98. The number of hydrogen-bond acceptors (Lipinski definition) is 6. The van der Waals surface area contributed by atoms with Crippen molar-refractivity contribution in [1.29, 1.82) is 0 Å². The van der Waals surface area contributed by atoms with Crippen molar-refractivity contribution >= 4 is 23.1 Å². The van der Waals surface area contributed by atoms with Gasteiger partial charge in [0.25, 0.3) is 0 Å². The summed E-state index contributed by atoms with van der Waals surface area (Å²) in [6.45, 7) is 2.55. The second-order valence-corrected chi connectivity index (χ2v) is 5.05. The van der Waals surface area contributed by atoms with Crippen molar-refractivity contribution in [1.82, 2.24) is 15.2 Å². The topological polar surface area (TPSA) is 64.7 Å². The maximum Gasteiger partial charge on any atom is 0.180 e. The summed E-state index contributed by atoms with van der Waals surface area (Å²) < 4.78 is 0.908. The Morgan fingerprint density at radius 1 is 1.53 bits per heavy atom. The highest BCUT2D eigenvalue weighted by molar-refractivity contribution is 8.01. The molecule has 0 saturated carbocycles. The van der Waals surface area contributed by atoms with Crippen molar-refractivity contribution in [3.8, 4) is 0 Å². The van der Waals surface area contributed by atoms with Crippen molar-refractivity contribution in [2.45, 2.75) is 22.8 Å². The molecule has 0 saturated heterocycles. The summed E-state index contributed by atoms with van der Waals surface area (Å²) >= 11 is 3.05. The van der Waals surface area contributed by atoms with Gasteiger partial charge in [-0.2, -0.15) is 0 Å². The maximum absolute atomic E-state index is 5.54. The van der Waals surface area contributed by atoms with Crippen molar-refractivity contribution < 1.29 is 0 Å². The van der Waals surface area contributed by atoms with Crippen LogP contribution in [0.2, 0.25) is 0 Å². The quantitative estimate of drug-likeness (QED) is 0.884. The monoisotopic (exact) mass is 238 g/mol. The predicted octanol–water partition coefficient (Wildman–Crippen LogP) is 1.85. The minimum atomic E-state index is 0.525. The van der Waals surface area contributed by atoms with E-state index in [1.165, 1.54) is 23.1 Å². The fraction of sp³-hybridized carbons (Fsp3) is 0.222. The molecule has 0 fully saturated rings. The van der Waals surface area contributed by atoms with Crippen LogP contribution < -0.4 is 5.73 Å². The van der Waals surface area contributed by atoms with Gasteiger partial charge in [0.1, 0.15) is 10.5 Å². The van der Waals surface area contributed by atoms with Crippen molar-refractivity contribution in [2.75, 3.05) is 0 Å². The Labute approximate surface area is 95.9 Å². The summed E-state index contributed by atoms with van der Waals surface area (Å²) in [5.74, 6) is 0. The smallest absolute Gasteiger partial charge is 0.180 e. The highest BCUT2D eigenvalue weighted by Gasteiger charge is 2.05. The zero-order valence-electron chi connectivity index (χ0n) is 8.17. The lowest BCUT2D eigenvalue weighted by molar-refractivity contribution is 0.977. The molecule has 2 heterocycles.